The lowest BCUT2D eigenvalue weighted by molar-refractivity contribution is -0.154. The van der Waals surface area contributed by atoms with Crippen LogP contribution in [-0.2, 0) is 19.1 Å². The lowest BCUT2D eigenvalue weighted by Crippen LogP contribution is -2.41. The van der Waals surface area contributed by atoms with Gasteiger partial charge in [-0.25, -0.2) is 9.59 Å². The molecule has 176 valence electrons. The first-order chi connectivity index (χ1) is 15.7. The summed E-state index contributed by atoms with van der Waals surface area (Å²) in [6.45, 7) is 5.50. The highest BCUT2D eigenvalue weighted by Crippen LogP contribution is 2.44. The number of ether oxygens (including phenoxy) is 2. The number of rotatable bonds is 9. The smallest absolute Gasteiger partial charge is 0.407 e. The number of hydrogen-bond donors (Lipinski definition) is 2. The summed E-state index contributed by atoms with van der Waals surface area (Å²) in [5.41, 5.74) is 3.87. The van der Waals surface area contributed by atoms with E-state index in [2.05, 4.69) is 5.32 Å². The van der Waals surface area contributed by atoms with E-state index in [1.807, 2.05) is 48.5 Å². The van der Waals surface area contributed by atoms with Crippen LogP contribution in [-0.4, -0.2) is 41.4 Å². The first kappa shape index (κ1) is 24.3. The van der Waals surface area contributed by atoms with Crippen molar-refractivity contribution in [2.24, 2.45) is 0 Å². The van der Waals surface area contributed by atoms with Gasteiger partial charge in [0.25, 0.3) is 0 Å². The third kappa shape index (κ3) is 6.57. The summed E-state index contributed by atoms with van der Waals surface area (Å²) in [6, 6.07) is 14.9. The number of amides is 1. The van der Waals surface area contributed by atoms with E-state index in [-0.39, 0.29) is 31.3 Å². The predicted molar refractivity (Wildman–Crippen MR) is 124 cm³/mol. The standard InChI is InChI=1S/C26H31NO6/c1-26(2,3)33-23(28)15-9-8-14-22(24(29)30)27-25(31)32-16-21-19-12-6-4-10-17(19)18-11-5-7-13-20(18)21/h4-7,10-13,21-22H,8-9,14-16H2,1-3H3,(H,27,31)(H,29,30)/t22-/m1/s1. The molecule has 7 nitrogen and oxygen atoms in total. The molecule has 7 heteroatoms. The first-order valence-corrected chi connectivity index (χ1v) is 11.2. The van der Waals surface area contributed by atoms with E-state index in [4.69, 9.17) is 9.47 Å². The molecule has 1 aliphatic carbocycles. The van der Waals surface area contributed by atoms with Crippen molar-refractivity contribution >= 4 is 18.0 Å². The second kappa shape index (κ2) is 10.5. The molecule has 1 amide bonds. The number of hydrogen-bond acceptors (Lipinski definition) is 5. The summed E-state index contributed by atoms with van der Waals surface area (Å²) in [7, 11) is 0. The van der Waals surface area contributed by atoms with Crippen LogP contribution in [0.4, 0.5) is 4.79 Å². The minimum atomic E-state index is -1.14. The molecule has 1 aliphatic rings. The van der Waals surface area contributed by atoms with Crippen LogP contribution >= 0.6 is 0 Å². The van der Waals surface area contributed by atoms with E-state index in [0.29, 0.717) is 12.8 Å². The first-order valence-electron chi connectivity index (χ1n) is 11.2. The Morgan fingerprint density at radius 3 is 2.09 bits per heavy atom. The fraction of sp³-hybridized carbons (Fsp3) is 0.423. The molecule has 2 aromatic rings. The fourth-order valence-electron chi connectivity index (χ4n) is 4.05. The van der Waals surface area contributed by atoms with Gasteiger partial charge in [0.1, 0.15) is 18.2 Å². The minimum Gasteiger partial charge on any atom is -0.480 e. The molecule has 0 bridgehead atoms. The summed E-state index contributed by atoms with van der Waals surface area (Å²) in [4.78, 5) is 35.7. The molecule has 2 N–H and O–H groups in total. The van der Waals surface area contributed by atoms with Gasteiger partial charge in [0.05, 0.1) is 0 Å². The number of esters is 1. The molecule has 0 spiro atoms. The number of benzene rings is 2. The summed E-state index contributed by atoms with van der Waals surface area (Å²) in [5, 5.41) is 11.9. The van der Waals surface area contributed by atoms with Gasteiger partial charge in [-0.15, -0.1) is 0 Å². The minimum absolute atomic E-state index is 0.0970. The van der Waals surface area contributed by atoms with Crippen molar-refractivity contribution < 1.29 is 29.0 Å². The van der Waals surface area contributed by atoms with Gasteiger partial charge < -0.3 is 19.9 Å². The molecule has 0 fully saturated rings. The molecule has 2 aromatic carbocycles. The summed E-state index contributed by atoms with van der Waals surface area (Å²) in [5.74, 6) is -1.56. The number of carboxylic acids is 1. The third-order valence-corrected chi connectivity index (χ3v) is 5.48. The Morgan fingerprint density at radius 2 is 1.55 bits per heavy atom. The zero-order valence-corrected chi connectivity index (χ0v) is 19.3. The maximum atomic E-state index is 12.4. The summed E-state index contributed by atoms with van der Waals surface area (Å²) in [6.07, 6.45) is 0.568. The van der Waals surface area contributed by atoms with Gasteiger partial charge in [-0.05, 0) is 55.9 Å². The van der Waals surface area contributed by atoms with E-state index < -0.39 is 23.7 Å². The zero-order chi connectivity index (χ0) is 24.0. The Morgan fingerprint density at radius 1 is 0.970 bits per heavy atom. The highest BCUT2D eigenvalue weighted by molar-refractivity contribution is 5.81. The van der Waals surface area contributed by atoms with E-state index in [1.54, 1.807) is 20.8 Å². The van der Waals surface area contributed by atoms with Crippen LogP contribution in [0.2, 0.25) is 0 Å². The number of carboxylic acid groups (broad SMARTS) is 1. The summed E-state index contributed by atoms with van der Waals surface area (Å²) >= 11 is 0. The number of carbonyl (C=O) groups excluding carboxylic acids is 2. The average molecular weight is 454 g/mol. The van der Waals surface area contributed by atoms with Crippen molar-refractivity contribution in [3.8, 4) is 11.1 Å². The quantitative estimate of drug-likeness (QED) is 0.414. The Kier molecular flexibility index (Phi) is 7.74. The maximum absolute atomic E-state index is 12.4. The highest BCUT2D eigenvalue weighted by atomic mass is 16.6. The van der Waals surface area contributed by atoms with Crippen molar-refractivity contribution in [1.82, 2.24) is 5.32 Å². The lowest BCUT2D eigenvalue weighted by Gasteiger charge is -2.19. The van der Waals surface area contributed by atoms with Crippen LogP contribution in [0.25, 0.3) is 11.1 Å². The van der Waals surface area contributed by atoms with Gasteiger partial charge in [-0.2, -0.15) is 0 Å². The Balaban J connectivity index is 1.50. The van der Waals surface area contributed by atoms with E-state index in [0.717, 1.165) is 22.3 Å². The fourth-order valence-corrected chi connectivity index (χ4v) is 4.05. The van der Waals surface area contributed by atoms with E-state index in [9.17, 15) is 19.5 Å². The second-order valence-electron chi connectivity index (χ2n) is 9.19. The molecule has 0 aromatic heterocycles. The van der Waals surface area contributed by atoms with Crippen LogP contribution in [0, 0.1) is 0 Å². The molecule has 3 rings (SSSR count). The van der Waals surface area contributed by atoms with E-state index in [1.165, 1.54) is 0 Å². The number of fused-ring (bicyclic) bond motifs is 3. The van der Waals surface area contributed by atoms with Gasteiger partial charge in [-0.3, -0.25) is 4.79 Å². The van der Waals surface area contributed by atoms with E-state index >= 15 is 0 Å². The number of unbranched alkanes of at least 4 members (excludes halogenated alkanes) is 1. The zero-order valence-electron chi connectivity index (χ0n) is 19.3. The molecular formula is C26H31NO6. The van der Waals surface area contributed by atoms with Gasteiger partial charge in [-0.1, -0.05) is 55.0 Å². The maximum Gasteiger partial charge on any atom is 0.407 e. The topological polar surface area (TPSA) is 102 Å². The summed E-state index contributed by atoms with van der Waals surface area (Å²) < 4.78 is 10.7. The van der Waals surface area contributed by atoms with Crippen molar-refractivity contribution in [1.29, 1.82) is 0 Å². The van der Waals surface area contributed by atoms with Gasteiger partial charge >= 0.3 is 18.0 Å². The predicted octanol–water partition coefficient (Wildman–Crippen LogP) is 4.88. The van der Waals surface area contributed by atoms with Crippen molar-refractivity contribution in [3.05, 3.63) is 59.7 Å². The Hall–Kier alpha value is -3.35. The van der Waals surface area contributed by atoms with Crippen molar-refractivity contribution in [2.45, 2.75) is 64.0 Å². The molecule has 0 heterocycles. The molecule has 0 radical (unpaired) electrons. The largest absolute Gasteiger partial charge is 0.480 e. The highest BCUT2D eigenvalue weighted by Gasteiger charge is 2.29. The molecule has 0 saturated carbocycles. The number of aliphatic carboxylic acids is 1. The molecule has 0 unspecified atom stereocenters. The molecule has 0 saturated heterocycles. The number of nitrogens with one attached hydrogen (secondary N) is 1. The lowest BCUT2D eigenvalue weighted by atomic mass is 9.98. The Labute approximate surface area is 194 Å². The van der Waals surface area contributed by atoms with Gasteiger partial charge in [0.2, 0.25) is 0 Å². The molecule has 33 heavy (non-hydrogen) atoms. The normalized spacial score (nSPS) is 13.5. The van der Waals surface area contributed by atoms with Gasteiger partial charge in [0, 0.05) is 12.3 Å². The molecule has 1 atom stereocenters. The van der Waals surface area contributed by atoms with Crippen LogP contribution < -0.4 is 5.32 Å². The number of carbonyl (C=O) groups is 3. The van der Waals surface area contributed by atoms with Crippen LogP contribution in [0.5, 0.6) is 0 Å². The SMILES string of the molecule is CC(C)(C)OC(=O)CCCC[C@@H](NC(=O)OCC1c2ccccc2-c2ccccc21)C(=O)O. The number of alkyl carbamates (subject to hydrolysis) is 1. The Bertz CT molecular complexity index is 964. The van der Waals surface area contributed by atoms with Gasteiger partial charge in [0.15, 0.2) is 0 Å². The van der Waals surface area contributed by atoms with Crippen LogP contribution in [0.1, 0.15) is 63.5 Å². The third-order valence-electron chi connectivity index (χ3n) is 5.48. The second-order valence-corrected chi connectivity index (χ2v) is 9.19. The molecule has 0 aliphatic heterocycles. The average Bonchev–Trinajstić information content (AvgIpc) is 3.07. The monoisotopic (exact) mass is 453 g/mol. The van der Waals surface area contributed by atoms with Crippen molar-refractivity contribution in [2.75, 3.05) is 6.61 Å². The van der Waals surface area contributed by atoms with Crippen molar-refractivity contribution in [3.63, 3.8) is 0 Å². The van der Waals surface area contributed by atoms with Crippen LogP contribution in [0.15, 0.2) is 48.5 Å². The van der Waals surface area contributed by atoms with Crippen LogP contribution in [0.3, 0.4) is 0 Å². The molecular weight excluding hydrogens is 422 g/mol.